The quantitative estimate of drug-likeness (QED) is 0.748. The van der Waals surface area contributed by atoms with Crippen LogP contribution in [0, 0.1) is 0 Å². The van der Waals surface area contributed by atoms with Gasteiger partial charge in [0.25, 0.3) is 0 Å². The minimum Gasteiger partial charge on any atom is -0.480 e. The molecule has 3 N–H and O–H groups in total. The Hall–Kier alpha value is -1.55. The molecule has 1 aromatic carbocycles. The van der Waals surface area contributed by atoms with Crippen LogP contribution < -0.4 is 10.6 Å². The maximum absolute atomic E-state index is 10.6. The van der Waals surface area contributed by atoms with Crippen LogP contribution in [0.2, 0.25) is 0 Å². The van der Waals surface area contributed by atoms with Gasteiger partial charge in [-0.15, -0.1) is 0 Å². The van der Waals surface area contributed by atoms with Crippen LogP contribution in [-0.2, 0) is 4.79 Å². The summed E-state index contributed by atoms with van der Waals surface area (Å²) in [5.74, 6) is -1.01. The Morgan fingerprint density at radius 3 is 2.64 bits per heavy atom. The normalized spacial score (nSPS) is 12.2. The fraction of sp³-hybridized carbons (Fsp3) is 0.300. The molecule has 4 nitrogen and oxygen atoms in total. The number of carboxylic acids is 1. The Labute approximate surface area is 82.9 Å². The van der Waals surface area contributed by atoms with E-state index in [2.05, 4.69) is 0 Å². The molecule has 0 radical (unpaired) electrons. The summed E-state index contributed by atoms with van der Waals surface area (Å²) in [4.78, 5) is 12.5. The Morgan fingerprint density at radius 2 is 2.14 bits per heavy atom. The molecule has 0 aliphatic rings. The summed E-state index contributed by atoms with van der Waals surface area (Å²) in [6.07, 6.45) is 0. The summed E-state index contributed by atoms with van der Waals surface area (Å²) >= 11 is 0. The zero-order chi connectivity index (χ0) is 10.7. The highest BCUT2D eigenvalue weighted by Gasteiger charge is 2.14. The maximum Gasteiger partial charge on any atom is 0.325 e. The fourth-order valence-electron chi connectivity index (χ4n) is 1.14. The lowest BCUT2D eigenvalue weighted by atomic mass is 10.1. The predicted octanol–water partition coefficient (Wildman–Crippen LogP) is 0.837. The van der Waals surface area contributed by atoms with E-state index in [0.29, 0.717) is 5.56 Å². The lowest BCUT2D eigenvalue weighted by molar-refractivity contribution is -0.138. The molecule has 0 saturated heterocycles. The average Bonchev–Trinajstić information content (AvgIpc) is 2.16. The number of aliphatic carboxylic acids is 1. The summed E-state index contributed by atoms with van der Waals surface area (Å²) in [5.41, 5.74) is 7.05. The topological polar surface area (TPSA) is 66.6 Å². The van der Waals surface area contributed by atoms with E-state index in [1.165, 1.54) is 0 Å². The molecule has 0 aromatic heterocycles. The first-order chi connectivity index (χ1) is 6.52. The van der Waals surface area contributed by atoms with Crippen LogP contribution in [0.1, 0.15) is 11.6 Å². The molecule has 14 heavy (non-hydrogen) atoms. The van der Waals surface area contributed by atoms with E-state index in [4.69, 9.17) is 10.8 Å². The van der Waals surface area contributed by atoms with Crippen molar-refractivity contribution < 1.29 is 9.90 Å². The Bertz CT molecular complexity index is 337. The van der Waals surface area contributed by atoms with Gasteiger partial charge in [0, 0.05) is 19.8 Å². The highest BCUT2D eigenvalue weighted by atomic mass is 16.4. The van der Waals surface area contributed by atoms with Crippen molar-refractivity contribution >= 4 is 11.7 Å². The highest BCUT2D eigenvalue weighted by molar-refractivity contribution is 5.75. The van der Waals surface area contributed by atoms with Crippen LogP contribution in [-0.4, -0.2) is 25.2 Å². The monoisotopic (exact) mass is 194 g/mol. The van der Waals surface area contributed by atoms with Crippen LogP contribution >= 0.6 is 0 Å². The van der Waals surface area contributed by atoms with Gasteiger partial charge in [0.15, 0.2) is 0 Å². The Morgan fingerprint density at radius 1 is 1.50 bits per heavy atom. The van der Waals surface area contributed by atoms with Gasteiger partial charge in [-0.25, -0.2) is 0 Å². The second-order valence-electron chi connectivity index (χ2n) is 3.31. The van der Waals surface area contributed by atoms with Gasteiger partial charge in [-0.3, -0.25) is 4.79 Å². The molecule has 0 spiro atoms. The van der Waals surface area contributed by atoms with E-state index in [9.17, 15) is 4.79 Å². The fourth-order valence-corrected chi connectivity index (χ4v) is 1.14. The molecule has 0 fully saturated rings. The first kappa shape index (κ1) is 10.5. The van der Waals surface area contributed by atoms with E-state index in [1.807, 2.05) is 25.1 Å². The Kier molecular flexibility index (Phi) is 3.09. The largest absolute Gasteiger partial charge is 0.480 e. The van der Waals surface area contributed by atoms with Crippen LogP contribution in [0.3, 0.4) is 0 Å². The summed E-state index contributed by atoms with van der Waals surface area (Å²) in [6.45, 7) is 0. The van der Waals surface area contributed by atoms with Crippen molar-refractivity contribution in [3.8, 4) is 0 Å². The SMILES string of the molecule is CN(C)c1cccc([C@H](N)C(=O)O)c1. The van der Waals surface area contributed by atoms with Crippen molar-refractivity contribution in [2.45, 2.75) is 6.04 Å². The zero-order valence-electron chi connectivity index (χ0n) is 8.27. The van der Waals surface area contributed by atoms with E-state index in [0.717, 1.165) is 5.69 Å². The van der Waals surface area contributed by atoms with Crippen molar-refractivity contribution in [3.63, 3.8) is 0 Å². The number of rotatable bonds is 3. The second-order valence-corrected chi connectivity index (χ2v) is 3.31. The second kappa shape index (κ2) is 4.11. The number of carbonyl (C=O) groups is 1. The molecule has 0 aliphatic carbocycles. The Balaban J connectivity index is 2.99. The molecule has 1 rings (SSSR count). The molecule has 76 valence electrons. The zero-order valence-corrected chi connectivity index (χ0v) is 8.27. The number of nitrogens with two attached hydrogens (primary N) is 1. The highest BCUT2D eigenvalue weighted by Crippen LogP contribution is 2.17. The van der Waals surface area contributed by atoms with E-state index < -0.39 is 12.0 Å². The molecule has 4 heteroatoms. The van der Waals surface area contributed by atoms with E-state index in [1.54, 1.807) is 18.2 Å². The number of anilines is 1. The summed E-state index contributed by atoms with van der Waals surface area (Å²) in [7, 11) is 3.79. The summed E-state index contributed by atoms with van der Waals surface area (Å²) in [6, 6.07) is 6.24. The molecule has 0 bridgehead atoms. The van der Waals surface area contributed by atoms with Gasteiger partial charge < -0.3 is 15.7 Å². The van der Waals surface area contributed by atoms with Crippen LogP contribution in [0.25, 0.3) is 0 Å². The molecule has 0 heterocycles. The third-order valence-corrected chi connectivity index (χ3v) is 2.01. The number of hydrogen-bond donors (Lipinski definition) is 2. The first-order valence-electron chi connectivity index (χ1n) is 4.28. The standard InChI is InChI=1S/C10H14N2O2/c1-12(2)8-5-3-4-7(6-8)9(11)10(13)14/h3-6,9H,11H2,1-2H3,(H,13,14)/t9-/m0/s1. The van der Waals surface area contributed by atoms with Crippen molar-refractivity contribution in [1.29, 1.82) is 0 Å². The number of nitrogens with zero attached hydrogens (tertiary/aromatic N) is 1. The van der Waals surface area contributed by atoms with Crippen LogP contribution in [0.15, 0.2) is 24.3 Å². The van der Waals surface area contributed by atoms with Gasteiger partial charge >= 0.3 is 5.97 Å². The molecular formula is C10H14N2O2. The van der Waals surface area contributed by atoms with Gasteiger partial charge in [0.05, 0.1) is 0 Å². The average molecular weight is 194 g/mol. The third kappa shape index (κ3) is 2.23. The van der Waals surface area contributed by atoms with Gasteiger partial charge in [-0.05, 0) is 17.7 Å². The molecule has 0 unspecified atom stereocenters. The molecule has 1 aromatic rings. The lowest BCUT2D eigenvalue weighted by Gasteiger charge is -2.14. The summed E-state index contributed by atoms with van der Waals surface area (Å²) < 4.78 is 0. The van der Waals surface area contributed by atoms with Crippen molar-refractivity contribution in [3.05, 3.63) is 29.8 Å². The number of hydrogen-bond acceptors (Lipinski definition) is 3. The number of carboxylic acid groups (broad SMARTS) is 1. The minimum absolute atomic E-state index is 0.615. The van der Waals surface area contributed by atoms with Gasteiger partial charge in [-0.2, -0.15) is 0 Å². The third-order valence-electron chi connectivity index (χ3n) is 2.01. The molecular weight excluding hydrogens is 180 g/mol. The summed E-state index contributed by atoms with van der Waals surface area (Å²) in [5, 5.41) is 8.73. The van der Waals surface area contributed by atoms with Crippen molar-refractivity contribution in [2.75, 3.05) is 19.0 Å². The van der Waals surface area contributed by atoms with Crippen molar-refractivity contribution in [1.82, 2.24) is 0 Å². The van der Waals surface area contributed by atoms with E-state index in [-0.39, 0.29) is 0 Å². The van der Waals surface area contributed by atoms with E-state index >= 15 is 0 Å². The minimum atomic E-state index is -1.01. The van der Waals surface area contributed by atoms with Crippen molar-refractivity contribution in [2.24, 2.45) is 5.73 Å². The predicted molar refractivity (Wildman–Crippen MR) is 55.3 cm³/mol. The molecule has 0 aliphatic heterocycles. The number of benzene rings is 1. The molecule has 1 atom stereocenters. The van der Waals surface area contributed by atoms with Gasteiger partial charge in [0.1, 0.15) is 6.04 Å². The lowest BCUT2D eigenvalue weighted by Crippen LogP contribution is -2.21. The van der Waals surface area contributed by atoms with Crippen LogP contribution in [0.4, 0.5) is 5.69 Å². The van der Waals surface area contributed by atoms with Gasteiger partial charge in [-0.1, -0.05) is 12.1 Å². The van der Waals surface area contributed by atoms with Crippen LogP contribution in [0.5, 0.6) is 0 Å². The smallest absolute Gasteiger partial charge is 0.325 e. The van der Waals surface area contributed by atoms with Gasteiger partial charge in [0.2, 0.25) is 0 Å². The maximum atomic E-state index is 10.6. The molecule has 0 amide bonds. The first-order valence-corrected chi connectivity index (χ1v) is 4.28. The molecule has 0 saturated carbocycles.